The highest BCUT2D eigenvalue weighted by Gasteiger charge is 2.15. The zero-order valence-corrected chi connectivity index (χ0v) is 9.28. The van der Waals surface area contributed by atoms with Crippen molar-refractivity contribution in [2.75, 3.05) is 13.1 Å². The van der Waals surface area contributed by atoms with Gasteiger partial charge in [-0.3, -0.25) is 0 Å². The first-order chi connectivity index (χ1) is 8.42. The number of hydrogen-bond acceptors (Lipinski definition) is 5. The van der Waals surface area contributed by atoms with E-state index in [-0.39, 0.29) is 6.10 Å². The minimum atomic E-state index is 0.258. The first kappa shape index (κ1) is 10.2. The Morgan fingerprint density at radius 1 is 1.41 bits per heavy atom. The quantitative estimate of drug-likeness (QED) is 0.828. The lowest BCUT2D eigenvalue weighted by Gasteiger charge is -2.11. The molecule has 1 saturated heterocycles. The molecule has 0 aliphatic carbocycles. The van der Waals surface area contributed by atoms with Crippen molar-refractivity contribution >= 4 is 0 Å². The van der Waals surface area contributed by atoms with Crippen LogP contribution in [0.3, 0.4) is 0 Å². The molecule has 3 heterocycles. The Kier molecular flexibility index (Phi) is 2.71. The van der Waals surface area contributed by atoms with Gasteiger partial charge in [-0.1, -0.05) is 0 Å². The Labute approximate surface area is 98.7 Å². The second-order valence-electron chi connectivity index (χ2n) is 3.92. The van der Waals surface area contributed by atoms with Crippen LogP contribution in [0.25, 0.3) is 5.82 Å². The third-order valence-electron chi connectivity index (χ3n) is 2.69. The lowest BCUT2D eigenvalue weighted by molar-refractivity contribution is 0.222. The van der Waals surface area contributed by atoms with Gasteiger partial charge in [-0.15, -0.1) is 0 Å². The lowest BCUT2D eigenvalue weighted by Crippen LogP contribution is -2.19. The molecule has 0 amide bonds. The summed E-state index contributed by atoms with van der Waals surface area (Å²) in [5, 5.41) is 7.27. The summed E-state index contributed by atoms with van der Waals surface area (Å²) in [7, 11) is 0. The van der Waals surface area contributed by atoms with Crippen LogP contribution >= 0.6 is 0 Å². The first-order valence-corrected chi connectivity index (χ1v) is 5.60. The Morgan fingerprint density at radius 3 is 3.06 bits per heavy atom. The summed E-state index contributed by atoms with van der Waals surface area (Å²) >= 11 is 0. The topological polar surface area (TPSA) is 64.9 Å². The molecule has 2 aromatic heterocycles. The molecule has 0 bridgehead atoms. The van der Waals surface area contributed by atoms with E-state index in [1.54, 1.807) is 17.2 Å². The molecule has 3 rings (SSSR count). The molecule has 1 N–H and O–H groups in total. The van der Waals surface area contributed by atoms with Crippen molar-refractivity contribution < 1.29 is 4.74 Å². The van der Waals surface area contributed by atoms with E-state index in [9.17, 15) is 0 Å². The summed E-state index contributed by atoms with van der Waals surface area (Å²) in [6.07, 6.45) is 6.12. The normalized spacial score (nSPS) is 19.4. The van der Waals surface area contributed by atoms with Crippen LogP contribution in [0.5, 0.6) is 5.75 Å². The number of aromatic nitrogens is 4. The van der Waals surface area contributed by atoms with E-state index in [1.165, 1.54) is 6.33 Å². The fourth-order valence-electron chi connectivity index (χ4n) is 1.83. The summed E-state index contributed by atoms with van der Waals surface area (Å²) in [4.78, 5) is 8.15. The van der Waals surface area contributed by atoms with Crippen molar-refractivity contribution in [1.82, 2.24) is 25.1 Å². The summed E-state index contributed by atoms with van der Waals surface area (Å²) in [5.74, 6) is 1.53. The van der Waals surface area contributed by atoms with E-state index in [1.807, 2.05) is 12.1 Å². The zero-order valence-electron chi connectivity index (χ0n) is 9.28. The smallest absolute Gasteiger partial charge is 0.155 e. The average molecular weight is 231 g/mol. The second kappa shape index (κ2) is 4.50. The molecule has 6 heteroatoms. The fraction of sp³-hybridized carbons (Fsp3) is 0.364. The standard InChI is InChI=1S/C11H13N5O/c1-2-11(16-8-13-7-15-16)14-6-9(1)17-10-3-4-12-5-10/h1-2,6-8,10,12H,3-5H2. The van der Waals surface area contributed by atoms with Gasteiger partial charge in [0.2, 0.25) is 0 Å². The van der Waals surface area contributed by atoms with Crippen LogP contribution in [0.15, 0.2) is 31.0 Å². The second-order valence-corrected chi connectivity index (χ2v) is 3.92. The highest BCUT2D eigenvalue weighted by molar-refractivity contribution is 5.27. The van der Waals surface area contributed by atoms with Gasteiger partial charge in [-0.25, -0.2) is 14.6 Å². The molecular formula is C11H13N5O. The van der Waals surface area contributed by atoms with E-state index in [0.29, 0.717) is 0 Å². The van der Waals surface area contributed by atoms with E-state index >= 15 is 0 Å². The van der Waals surface area contributed by atoms with Crippen molar-refractivity contribution in [2.24, 2.45) is 0 Å². The van der Waals surface area contributed by atoms with Crippen LogP contribution in [-0.4, -0.2) is 38.9 Å². The highest BCUT2D eigenvalue weighted by Crippen LogP contribution is 2.15. The number of rotatable bonds is 3. The van der Waals surface area contributed by atoms with Gasteiger partial charge in [0, 0.05) is 6.54 Å². The fourth-order valence-corrected chi connectivity index (χ4v) is 1.83. The Bertz CT molecular complexity index is 461. The van der Waals surface area contributed by atoms with Crippen molar-refractivity contribution in [3.63, 3.8) is 0 Å². The van der Waals surface area contributed by atoms with Gasteiger partial charge in [-0.05, 0) is 25.1 Å². The molecule has 0 spiro atoms. The summed E-state index contributed by atoms with van der Waals surface area (Å²) in [5.41, 5.74) is 0. The minimum Gasteiger partial charge on any atom is -0.487 e. The predicted octanol–water partition coefficient (Wildman–Crippen LogP) is 0.403. The van der Waals surface area contributed by atoms with Crippen LogP contribution < -0.4 is 10.1 Å². The van der Waals surface area contributed by atoms with Gasteiger partial charge in [0.1, 0.15) is 24.5 Å². The molecule has 1 fully saturated rings. The van der Waals surface area contributed by atoms with Crippen molar-refractivity contribution in [1.29, 1.82) is 0 Å². The minimum absolute atomic E-state index is 0.258. The molecule has 1 unspecified atom stereocenters. The predicted molar refractivity (Wildman–Crippen MR) is 61.1 cm³/mol. The summed E-state index contributed by atoms with van der Waals surface area (Å²) < 4.78 is 7.39. The van der Waals surface area contributed by atoms with E-state index in [0.717, 1.165) is 31.1 Å². The number of pyridine rings is 1. The molecule has 0 radical (unpaired) electrons. The van der Waals surface area contributed by atoms with Crippen molar-refractivity contribution in [2.45, 2.75) is 12.5 Å². The Hall–Kier alpha value is -1.95. The molecular weight excluding hydrogens is 218 g/mol. The number of nitrogens with zero attached hydrogens (tertiary/aromatic N) is 4. The van der Waals surface area contributed by atoms with E-state index in [2.05, 4.69) is 20.4 Å². The molecule has 6 nitrogen and oxygen atoms in total. The van der Waals surface area contributed by atoms with E-state index < -0.39 is 0 Å². The number of ether oxygens (including phenoxy) is 1. The molecule has 1 aliphatic heterocycles. The van der Waals surface area contributed by atoms with Crippen LogP contribution in [0.4, 0.5) is 0 Å². The van der Waals surface area contributed by atoms with Crippen LogP contribution in [-0.2, 0) is 0 Å². The first-order valence-electron chi connectivity index (χ1n) is 5.60. The van der Waals surface area contributed by atoms with Gasteiger partial charge < -0.3 is 10.1 Å². The lowest BCUT2D eigenvalue weighted by atomic mass is 10.3. The van der Waals surface area contributed by atoms with Gasteiger partial charge in [0.15, 0.2) is 5.82 Å². The molecule has 17 heavy (non-hydrogen) atoms. The largest absolute Gasteiger partial charge is 0.487 e. The number of hydrogen-bond donors (Lipinski definition) is 1. The van der Waals surface area contributed by atoms with Crippen LogP contribution in [0, 0.1) is 0 Å². The molecule has 0 saturated carbocycles. The summed E-state index contributed by atoms with van der Waals surface area (Å²) in [6, 6.07) is 3.77. The molecule has 88 valence electrons. The highest BCUT2D eigenvalue weighted by atomic mass is 16.5. The monoisotopic (exact) mass is 231 g/mol. The van der Waals surface area contributed by atoms with Gasteiger partial charge in [0.05, 0.1) is 6.20 Å². The third kappa shape index (κ3) is 2.26. The van der Waals surface area contributed by atoms with E-state index in [4.69, 9.17) is 4.74 Å². The SMILES string of the molecule is c1ncn(-c2ccc(OC3CCNC3)cn2)n1. The van der Waals surface area contributed by atoms with Gasteiger partial charge >= 0.3 is 0 Å². The van der Waals surface area contributed by atoms with Crippen LogP contribution in [0.1, 0.15) is 6.42 Å². The molecule has 1 atom stereocenters. The average Bonchev–Trinajstić information content (AvgIpc) is 3.01. The maximum absolute atomic E-state index is 5.78. The van der Waals surface area contributed by atoms with Gasteiger partial charge in [-0.2, -0.15) is 5.10 Å². The Balaban J connectivity index is 1.71. The Morgan fingerprint density at radius 2 is 2.41 bits per heavy atom. The van der Waals surface area contributed by atoms with Crippen LogP contribution in [0.2, 0.25) is 0 Å². The van der Waals surface area contributed by atoms with Crippen molar-refractivity contribution in [3.8, 4) is 11.6 Å². The maximum atomic E-state index is 5.78. The molecule has 1 aliphatic rings. The molecule has 0 aromatic carbocycles. The third-order valence-corrected chi connectivity index (χ3v) is 2.69. The zero-order chi connectivity index (χ0) is 11.5. The maximum Gasteiger partial charge on any atom is 0.155 e. The van der Waals surface area contributed by atoms with Crippen molar-refractivity contribution in [3.05, 3.63) is 31.0 Å². The van der Waals surface area contributed by atoms with Gasteiger partial charge in [0.25, 0.3) is 0 Å². The number of nitrogens with one attached hydrogen (secondary N) is 1. The molecule has 2 aromatic rings. The summed E-state index contributed by atoms with van der Waals surface area (Å²) in [6.45, 7) is 1.93.